The van der Waals surface area contributed by atoms with Crippen molar-refractivity contribution in [2.24, 2.45) is 0 Å². The third-order valence-corrected chi connectivity index (χ3v) is 2.37. The summed E-state index contributed by atoms with van der Waals surface area (Å²) in [4.78, 5) is 23.9. The van der Waals surface area contributed by atoms with Gasteiger partial charge in [0, 0.05) is 5.69 Å². The zero-order valence-corrected chi connectivity index (χ0v) is 12.0. The molecule has 0 radical (unpaired) electrons. The van der Waals surface area contributed by atoms with Gasteiger partial charge in [0.2, 0.25) is 5.91 Å². The maximum atomic E-state index is 12.9. The van der Waals surface area contributed by atoms with Crippen LogP contribution in [0.15, 0.2) is 24.3 Å². The van der Waals surface area contributed by atoms with Crippen LogP contribution in [0.25, 0.3) is 0 Å². The predicted octanol–water partition coefficient (Wildman–Crippen LogP) is 1.98. The molecule has 0 aliphatic carbocycles. The van der Waals surface area contributed by atoms with Gasteiger partial charge in [-0.15, -0.1) is 12.4 Å². The maximum Gasteiger partial charge on any atom is 0.317 e. The Labute approximate surface area is 123 Å². The Hall–Kier alpha value is -1.66. The first kappa shape index (κ1) is 18.3. The second-order valence-corrected chi connectivity index (χ2v) is 4.16. The molecule has 1 aromatic rings. The first-order chi connectivity index (χ1) is 9.01. The molecule has 0 spiro atoms. The monoisotopic (exact) mass is 304 g/mol. The normalized spacial score (nSPS) is 9.95. The van der Waals surface area contributed by atoms with Crippen LogP contribution in [0.3, 0.4) is 0 Å². The Morgan fingerprint density at radius 3 is 2.60 bits per heavy atom. The van der Waals surface area contributed by atoms with Gasteiger partial charge in [0.1, 0.15) is 5.82 Å². The van der Waals surface area contributed by atoms with Gasteiger partial charge in [-0.05, 0) is 31.2 Å². The van der Waals surface area contributed by atoms with Crippen molar-refractivity contribution in [2.45, 2.75) is 13.3 Å². The number of hydrogen-bond acceptors (Lipinski definition) is 3. The zero-order chi connectivity index (χ0) is 14.3. The van der Waals surface area contributed by atoms with Gasteiger partial charge in [-0.2, -0.15) is 0 Å². The number of carboxylic acids is 1. The van der Waals surface area contributed by atoms with E-state index in [-0.39, 0.29) is 31.4 Å². The number of amides is 1. The second-order valence-electron chi connectivity index (χ2n) is 4.16. The molecular weight excluding hydrogens is 287 g/mol. The molecule has 0 aromatic heterocycles. The lowest BCUT2D eigenvalue weighted by Gasteiger charge is -2.18. The van der Waals surface area contributed by atoms with E-state index in [0.29, 0.717) is 12.2 Å². The summed E-state index contributed by atoms with van der Waals surface area (Å²) in [6.45, 7) is 2.20. The lowest BCUT2D eigenvalue weighted by molar-refractivity contribution is -0.138. The van der Waals surface area contributed by atoms with Crippen molar-refractivity contribution in [1.29, 1.82) is 0 Å². The number of carbonyl (C=O) groups is 2. The highest BCUT2D eigenvalue weighted by Gasteiger charge is 2.13. The minimum Gasteiger partial charge on any atom is -0.480 e. The molecule has 0 unspecified atom stereocenters. The minimum absolute atomic E-state index is 0. The Kier molecular flexibility index (Phi) is 8.51. The third kappa shape index (κ3) is 7.06. The number of hydrogen-bond donors (Lipinski definition) is 2. The minimum atomic E-state index is -0.980. The van der Waals surface area contributed by atoms with Crippen molar-refractivity contribution in [1.82, 2.24) is 4.90 Å². The molecule has 1 amide bonds. The Morgan fingerprint density at radius 1 is 1.35 bits per heavy atom. The van der Waals surface area contributed by atoms with E-state index in [9.17, 15) is 14.0 Å². The number of halogens is 2. The van der Waals surface area contributed by atoms with E-state index in [1.165, 1.54) is 23.1 Å². The summed E-state index contributed by atoms with van der Waals surface area (Å²) in [6.07, 6.45) is 0.751. The topological polar surface area (TPSA) is 69.6 Å². The molecule has 0 bridgehead atoms. The summed E-state index contributed by atoms with van der Waals surface area (Å²) in [5.41, 5.74) is 0.358. The van der Waals surface area contributed by atoms with Gasteiger partial charge in [0.25, 0.3) is 0 Å². The Morgan fingerprint density at radius 2 is 2.05 bits per heavy atom. The number of rotatable bonds is 7. The predicted molar refractivity (Wildman–Crippen MR) is 76.6 cm³/mol. The molecule has 0 saturated carbocycles. The molecule has 0 saturated heterocycles. The quantitative estimate of drug-likeness (QED) is 0.808. The lowest BCUT2D eigenvalue weighted by atomic mass is 10.3. The number of anilines is 1. The Balaban J connectivity index is 0.00000361. The zero-order valence-electron chi connectivity index (χ0n) is 11.1. The molecule has 5 nitrogen and oxygen atoms in total. The van der Waals surface area contributed by atoms with Crippen LogP contribution in [0, 0.1) is 5.82 Å². The molecule has 0 aliphatic rings. The first-order valence-electron chi connectivity index (χ1n) is 6.01. The van der Waals surface area contributed by atoms with Gasteiger partial charge in [0.15, 0.2) is 0 Å². The van der Waals surface area contributed by atoms with Crippen LogP contribution in [0.4, 0.5) is 10.1 Å². The fraction of sp³-hybridized carbons (Fsp3) is 0.385. The number of nitrogens with one attached hydrogen (secondary N) is 1. The maximum absolute atomic E-state index is 12.9. The lowest BCUT2D eigenvalue weighted by Crippen LogP contribution is -2.37. The number of carbonyl (C=O) groups excluding carboxylic acids is 1. The average Bonchev–Trinajstić information content (AvgIpc) is 2.27. The molecule has 112 valence electrons. The average molecular weight is 305 g/mol. The van der Waals surface area contributed by atoms with Crippen molar-refractivity contribution >= 4 is 30.0 Å². The van der Waals surface area contributed by atoms with Crippen LogP contribution in [-0.2, 0) is 9.59 Å². The van der Waals surface area contributed by atoms with E-state index in [1.54, 1.807) is 6.07 Å². The van der Waals surface area contributed by atoms with Gasteiger partial charge in [-0.25, -0.2) is 4.39 Å². The van der Waals surface area contributed by atoms with Gasteiger partial charge in [0.05, 0.1) is 13.1 Å². The molecule has 0 atom stereocenters. The summed E-state index contributed by atoms with van der Waals surface area (Å²) in [5.74, 6) is -1.78. The van der Waals surface area contributed by atoms with Crippen LogP contribution in [0.5, 0.6) is 0 Å². The summed E-state index contributed by atoms with van der Waals surface area (Å²) in [7, 11) is 0. The molecule has 2 N–H and O–H groups in total. The molecule has 0 aliphatic heterocycles. The smallest absolute Gasteiger partial charge is 0.317 e. The van der Waals surface area contributed by atoms with E-state index in [1.807, 2.05) is 6.92 Å². The van der Waals surface area contributed by atoms with Crippen LogP contribution >= 0.6 is 12.4 Å². The van der Waals surface area contributed by atoms with E-state index in [2.05, 4.69) is 5.32 Å². The van der Waals surface area contributed by atoms with Crippen molar-refractivity contribution in [3.05, 3.63) is 30.1 Å². The van der Waals surface area contributed by atoms with E-state index in [0.717, 1.165) is 6.42 Å². The first-order valence-corrected chi connectivity index (χ1v) is 6.01. The molecule has 0 heterocycles. The fourth-order valence-corrected chi connectivity index (χ4v) is 1.69. The second kappa shape index (κ2) is 9.28. The van der Waals surface area contributed by atoms with Crippen LogP contribution in [0.1, 0.15) is 13.3 Å². The molecule has 7 heteroatoms. The van der Waals surface area contributed by atoms with E-state index < -0.39 is 11.8 Å². The van der Waals surface area contributed by atoms with Crippen molar-refractivity contribution in [2.75, 3.05) is 25.0 Å². The van der Waals surface area contributed by atoms with Gasteiger partial charge >= 0.3 is 5.97 Å². The highest BCUT2D eigenvalue weighted by atomic mass is 35.5. The number of nitrogens with zero attached hydrogens (tertiary/aromatic N) is 1. The van der Waals surface area contributed by atoms with Crippen molar-refractivity contribution in [3.63, 3.8) is 0 Å². The number of aliphatic carboxylic acids is 1. The van der Waals surface area contributed by atoms with E-state index >= 15 is 0 Å². The molecule has 0 fully saturated rings. The van der Waals surface area contributed by atoms with Crippen LogP contribution in [0.2, 0.25) is 0 Å². The summed E-state index contributed by atoms with van der Waals surface area (Å²) in [5, 5.41) is 11.3. The van der Waals surface area contributed by atoms with Crippen molar-refractivity contribution in [3.8, 4) is 0 Å². The fourth-order valence-electron chi connectivity index (χ4n) is 1.69. The highest BCUT2D eigenvalue weighted by Crippen LogP contribution is 2.09. The van der Waals surface area contributed by atoms with E-state index in [4.69, 9.17) is 5.11 Å². The van der Waals surface area contributed by atoms with Gasteiger partial charge in [-0.3, -0.25) is 14.5 Å². The molecule has 1 aromatic carbocycles. The standard InChI is InChI=1S/C13H17FN2O3.ClH/c1-2-6-16(9-13(18)19)8-12(17)15-11-5-3-4-10(14)7-11;/h3-5,7H,2,6,8-9H2,1H3,(H,15,17)(H,18,19);1H. The SMILES string of the molecule is CCCN(CC(=O)O)CC(=O)Nc1cccc(F)c1.Cl. The van der Waals surface area contributed by atoms with Gasteiger partial charge in [-0.1, -0.05) is 13.0 Å². The molecule has 1 rings (SSSR count). The largest absolute Gasteiger partial charge is 0.480 e. The number of carboxylic acid groups (broad SMARTS) is 1. The molecular formula is C13H18ClFN2O3. The van der Waals surface area contributed by atoms with Gasteiger partial charge < -0.3 is 10.4 Å². The Bertz CT molecular complexity index is 457. The molecule has 20 heavy (non-hydrogen) atoms. The number of benzene rings is 1. The highest BCUT2D eigenvalue weighted by molar-refractivity contribution is 5.92. The van der Waals surface area contributed by atoms with Crippen LogP contribution in [-0.4, -0.2) is 41.5 Å². The summed E-state index contributed by atoms with van der Waals surface area (Å²) >= 11 is 0. The summed E-state index contributed by atoms with van der Waals surface area (Å²) < 4.78 is 12.9. The third-order valence-electron chi connectivity index (χ3n) is 2.37. The van der Waals surface area contributed by atoms with Crippen LogP contribution < -0.4 is 5.32 Å². The summed E-state index contributed by atoms with van der Waals surface area (Å²) in [6, 6.07) is 5.55. The van der Waals surface area contributed by atoms with Crippen molar-refractivity contribution < 1.29 is 19.1 Å².